The largest absolute Gasteiger partial charge is 0.507 e. The van der Waals surface area contributed by atoms with Gasteiger partial charge in [0.05, 0.1) is 11.2 Å². The number of nitrogens with zero attached hydrogens (tertiary/aromatic N) is 1. The number of benzene rings is 4. The lowest BCUT2D eigenvalue weighted by Crippen LogP contribution is -2.29. The van der Waals surface area contributed by atoms with Crippen molar-refractivity contribution in [2.45, 2.75) is 6.92 Å². The summed E-state index contributed by atoms with van der Waals surface area (Å²) < 4.78 is 2.63. The van der Waals surface area contributed by atoms with Crippen molar-refractivity contribution in [2.75, 3.05) is 10.6 Å². The molecule has 4 N–H and O–H groups in total. The number of carbonyl (C=O) groups excluding carboxylic acids is 2. The third-order valence-electron chi connectivity index (χ3n) is 6.59. The fourth-order valence-electron chi connectivity index (χ4n) is 4.56. The number of halogens is 1. The smallest absolute Gasteiger partial charge is 0.339 e. The zero-order valence-electron chi connectivity index (χ0n) is 21.5. The highest BCUT2D eigenvalue weighted by Gasteiger charge is 2.20. The molecule has 0 unspecified atom stereocenters. The maximum Gasteiger partial charge on any atom is 0.339 e. The van der Waals surface area contributed by atoms with E-state index in [-0.39, 0.29) is 11.3 Å². The van der Waals surface area contributed by atoms with E-state index >= 15 is 0 Å². The summed E-state index contributed by atoms with van der Waals surface area (Å²) in [4.78, 5) is 37.0. The van der Waals surface area contributed by atoms with Crippen molar-refractivity contribution in [3.8, 4) is 28.1 Å². The number of rotatable bonds is 5. The second-order valence-electron chi connectivity index (χ2n) is 9.35. The molecule has 1 heterocycles. The van der Waals surface area contributed by atoms with E-state index in [1.165, 1.54) is 12.1 Å². The summed E-state index contributed by atoms with van der Waals surface area (Å²) in [5.74, 6) is -3.16. The number of aromatic hydroxyl groups is 1. The molecule has 0 radical (unpaired) electrons. The Hall–Kier alpha value is -4.64. The number of amides is 2. The Morgan fingerprint density at radius 2 is 1.35 bits per heavy atom. The summed E-state index contributed by atoms with van der Waals surface area (Å²) in [7, 11) is 1.81. The van der Waals surface area contributed by atoms with E-state index in [1.54, 1.807) is 24.3 Å². The molecule has 9 heteroatoms. The molecule has 4 aromatic carbocycles. The Kier molecular flexibility index (Phi) is 7.31. The van der Waals surface area contributed by atoms with Crippen LogP contribution in [0.3, 0.4) is 0 Å². The van der Waals surface area contributed by atoms with Gasteiger partial charge in [0.25, 0.3) is 0 Å². The third kappa shape index (κ3) is 5.28. The molecule has 1 aromatic heterocycles. The minimum absolute atomic E-state index is 0.181. The lowest BCUT2D eigenvalue weighted by atomic mass is 10.0. The fraction of sp³-hybridized carbons (Fsp3) is 0.0645. The molecular weight excluding hydrogens is 621 g/mol. The first-order valence-electron chi connectivity index (χ1n) is 12.3. The molecule has 5 aromatic rings. The van der Waals surface area contributed by atoms with E-state index < -0.39 is 17.8 Å². The predicted octanol–water partition coefficient (Wildman–Crippen LogP) is 6.41. The molecule has 0 bridgehead atoms. The van der Waals surface area contributed by atoms with Crippen LogP contribution in [-0.4, -0.2) is 32.6 Å². The van der Waals surface area contributed by atoms with Gasteiger partial charge >= 0.3 is 17.8 Å². The number of hydrogen-bond acceptors (Lipinski definition) is 4. The van der Waals surface area contributed by atoms with Crippen molar-refractivity contribution < 1.29 is 24.6 Å². The number of nitrogens with one attached hydrogen (secondary N) is 2. The Labute approximate surface area is 243 Å². The van der Waals surface area contributed by atoms with Crippen molar-refractivity contribution in [1.29, 1.82) is 0 Å². The Bertz CT molecular complexity index is 1810. The quantitative estimate of drug-likeness (QED) is 0.130. The van der Waals surface area contributed by atoms with Crippen LogP contribution in [0.25, 0.3) is 33.3 Å². The molecule has 2 amide bonds. The van der Waals surface area contributed by atoms with E-state index in [1.807, 2.05) is 67.1 Å². The van der Waals surface area contributed by atoms with Crippen LogP contribution in [0.15, 0.2) is 84.9 Å². The Balaban J connectivity index is 1.36. The molecule has 0 fully saturated rings. The molecule has 0 saturated carbocycles. The number of aromatic carboxylic acids is 1. The summed E-state index contributed by atoms with van der Waals surface area (Å²) in [6.07, 6.45) is 0. The molecule has 0 aliphatic carbocycles. The van der Waals surface area contributed by atoms with Crippen LogP contribution in [0.5, 0.6) is 5.75 Å². The number of hydrogen-bond donors (Lipinski definition) is 4. The van der Waals surface area contributed by atoms with Gasteiger partial charge in [-0.3, -0.25) is 9.59 Å². The van der Waals surface area contributed by atoms with Crippen LogP contribution >= 0.6 is 22.6 Å². The summed E-state index contributed by atoms with van der Waals surface area (Å²) in [5, 5.41) is 25.6. The van der Waals surface area contributed by atoms with Crippen LogP contribution in [0.2, 0.25) is 0 Å². The minimum atomic E-state index is -1.22. The number of carbonyl (C=O) groups is 3. The maximum atomic E-state index is 12.8. The van der Waals surface area contributed by atoms with E-state index in [0.29, 0.717) is 22.3 Å². The van der Waals surface area contributed by atoms with Crippen molar-refractivity contribution in [3.63, 3.8) is 0 Å². The molecule has 0 aliphatic rings. The molecule has 0 saturated heterocycles. The van der Waals surface area contributed by atoms with Crippen molar-refractivity contribution in [2.24, 2.45) is 7.05 Å². The number of aryl methyl sites for hydroxylation is 2. The molecule has 0 aliphatic heterocycles. The summed E-state index contributed by atoms with van der Waals surface area (Å²) in [5.41, 5.74) is 5.97. The average molecular weight is 645 g/mol. The first-order valence-corrected chi connectivity index (χ1v) is 13.3. The Morgan fingerprint density at radius 3 is 1.95 bits per heavy atom. The molecular formula is C31H24IN3O5. The minimum Gasteiger partial charge on any atom is -0.507 e. The van der Waals surface area contributed by atoms with E-state index in [0.717, 1.165) is 31.5 Å². The summed E-state index contributed by atoms with van der Waals surface area (Å²) in [6, 6.07) is 25.2. The highest BCUT2D eigenvalue weighted by Crippen LogP contribution is 2.37. The molecule has 5 rings (SSSR count). The summed E-state index contributed by atoms with van der Waals surface area (Å²) >= 11 is 2.14. The van der Waals surface area contributed by atoms with Crippen LogP contribution < -0.4 is 10.6 Å². The van der Waals surface area contributed by atoms with Gasteiger partial charge in [0.15, 0.2) is 0 Å². The number of carboxylic acids is 1. The van der Waals surface area contributed by atoms with Gasteiger partial charge < -0.3 is 25.4 Å². The van der Waals surface area contributed by atoms with Gasteiger partial charge in [-0.25, -0.2) is 4.79 Å². The lowest BCUT2D eigenvalue weighted by Gasteiger charge is -2.10. The van der Waals surface area contributed by atoms with Crippen LogP contribution in [0.4, 0.5) is 11.4 Å². The SMILES string of the molecule is Cc1ccc(-c2cccc(NC(=O)C(=O)Nc3cccc(-c4c(I)c5cc(C(=O)O)c(O)cc5n4C)c3)c2)cc1. The van der Waals surface area contributed by atoms with Gasteiger partial charge in [-0.05, 0) is 71.0 Å². The van der Waals surface area contributed by atoms with Crippen molar-refractivity contribution in [3.05, 3.63) is 99.6 Å². The van der Waals surface area contributed by atoms with Gasteiger partial charge in [-0.2, -0.15) is 0 Å². The van der Waals surface area contributed by atoms with Gasteiger partial charge in [-0.15, -0.1) is 0 Å². The number of carboxylic acid groups (broad SMARTS) is 1. The van der Waals surface area contributed by atoms with Gasteiger partial charge in [-0.1, -0.05) is 54.1 Å². The molecule has 8 nitrogen and oxygen atoms in total. The fourth-order valence-corrected chi connectivity index (χ4v) is 5.67. The maximum absolute atomic E-state index is 12.8. The van der Waals surface area contributed by atoms with Gasteiger partial charge in [0, 0.05) is 39.0 Å². The van der Waals surface area contributed by atoms with Gasteiger partial charge in [0.2, 0.25) is 0 Å². The normalized spacial score (nSPS) is 10.9. The second-order valence-corrected chi connectivity index (χ2v) is 10.4. The predicted molar refractivity (Wildman–Crippen MR) is 164 cm³/mol. The third-order valence-corrected chi connectivity index (χ3v) is 7.68. The topological polar surface area (TPSA) is 121 Å². The zero-order chi connectivity index (χ0) is 28.6. The monoisotopic (exact) mass is 645 g/mol. The second kappa shape index (κ2) is 10.9. The number of anilines is 2. The average Bonchev–Trinajstić information content (AvgIpc) is 3.17. The standard InChI is InChI=1S/C31H24IN3O5/c1-17-9-11-18(12-10-17)19-5-3-7-21(13-19)33-29(37)30(38)34-22-8-4-6-20(14-22)28-27(32)23-15-24(31(39)40)26(36)16-25(23)35(28)2/h3-16,36H,1-2H3,(H,33,37)(H,34,38)(H,39,40). The van der Waals surface area contributed by atoms with Crippen molar-refractivity contribution in [1.82, 2.24) is 4.57 Å². The molecule has 200 valence electrons. The first-order chi connectivity index (χ1) is 19.1. The number of fused-ring (bicyclic) bond motifs is 1. The highest BCUT2D eigenvalue weighted by molar-refractivity contribution is 14.1. The van der Waals surface area contributed by atoms with Crippen molar-refractivity contribution >= 4 is 62.7 Å². The Morgan fingerprint density at radius 1 is 0.775 bits per heavy atom. The van der Waals surface area contributed by atoms with Gasteiger partial charge in [0.1, 0.15) is 11.3 Å². The molecule has 0 spiro atoms. The zero-order valence-corrected chi connectivity index (χ0v) is 23.7. The van der Waals surface area contributed by atoms with Crippen LogP contribution in [0, 0.1) is 10.5 Å². The van der Waals surface area contributed by atoms with Crippen LogP contribution in [0.1, 0.15) is 15.9 Å². The van der Waals surface area contributed by atoms with E-state index in [2.05, 4.69) is 33.2 Å². The molecule has 0 atom stereocenters. The van der Waals surface area contributed by atoms with E-state index in [9.17, 15) is 24.6 Å². The van der Waals surface area contributed by atoms with Crippen LogP contribution in [-0.2, 0) is 16.6 Å². The molecule has 40 heavy (non-hydrogen) atoms. The number of aromatic nitrogens is 1. The van der Waals surface area contributed by atoms with E-state index in [4.69, 9.17) is 0 Å². The summed E-state index contributed by atoms with van der Waals surface area (Å²) in [6.45, 7) is 2.01. The first kappa shape index (κ1) is 26.9. The number of phenols is 1. The highest BCUT2D eigenvalue weighted by atomic mass is 127. The lowest BCUT2D eigenvalue weighted by molar-refractivity contribution is -0.132.